The molecular weight excluding hydrogens is 536 g/mol. The van der Waals surface area contributed by atoms with E-state index in [-0.39, 0.29) is 22.8 Å². The number of nitrogens with one attached hydrogen (secondary N) is 2. The average molecular weight is 569 g/mol. The van der Waals surface area contributed by atoms with Crippen LogP contribution in [0, 0.1) is 5.92 Å². The molecule has 0 bridgehead atoms. The van der Waals surface area contributed by atoms with Gasteiger partial charge in [-0.2, -0.15) is 0 Å². The van der Waals surface area contributed by atoms with Gasteiger partial charge in [-0.3, -0.25) is 9.59 Å². The van der Waals surface area contributed by atoms with E-state index in [2.05, 4.69) is 22.5 Å². The Morgan fingerprint density at radius 2 is 1.79 bits per heavy atom. The monoisotopic (exact) mass is 568 g/mol. The molecule has 206 valence electrons. The van der Waals surface area contributed by atoms with Gasteiger partial charge in [0.1, 0.15) is 0 Å². The number of amides is 2. The lowest BCUT2D eigenvalue weighted by atomic mass is 9.92. The SMILES string of the molecule is CC[C@H](NC(=O)CC1CCN(c2ncc(S(C)(=O)=O)cc2NC(=O)c2cccc(Cl)c2)CC1)c1ccccc1. The lowest BCUT2D eigenvalue weighted by molar-refractivity contribution is -0.123. The number of benzene rings is 2. The van der Waals surface area contributed by atoms with Crippen LogP contribution in [0.4, 0.5) is 11.5 Å². The molecule has 2 N–H and O–H groups in total. The Kier molecular flexibility index (Phi) is 9.24. The molecule has 2 heterocycles. The van der Waals surface area contributed by atoms with E-state index in [1.165, 1.54) is 12.3 Å². The summed E-state index contributed by atoms with van der Waals surface area (Å²) in [4.78, 5) is 32.2. The number of rotatable bonds is 9. The third-order valence-electron chi connectivity index (χ3n) is 6.94. The highest BCUT2D eigenvalue weighted by Crippen LogP contribution is 2.31. The summed E-state index contributed by atoms with van der Waals surface area (Å²) in [6, 6.07) is 17.9. The molecule has 3 aromatic rings. The minimum absolute atomic E-state index is 0.0120. The average Bonchev–Trinajstić information content (AvgIpc) is 2.92. The van der Waals surface area contributed by atoms with Gasteiger partial charge in [-0.05, 0) is 55.0 Å². The van der Waals surface area contributed by atoms with Crippen molar-refractivity contribution in [3.05, 3.63) is 83.0 Å². The molecule has 1 atom stereocenters. The Morgan fingerprint density at radius 3 is 2.44 bits per heavy atom. The Morgan fingerprint density at radius 1 is 1.08 bits per heavy atom. The normalized spacial score (nSPS) is 15.0. The maximum atomic E-state index is 12.9. The molecule has 1 saturated heterocycles. The van der Waals surface area contributed by atoms with E-state index in [4.69, 9.17) is 11.6 Å². The van der Waals surface area contributed by atoms with Gasteiger partial charge in [0.25, 0.3) is 5.91 Å². The van der Waals surface area contributed by atoms with Crippen LogP contribution >= 0.6 is 11.6 Å². The van der Waals surface area contributed by atoms with Crippen molar-refractivity contribution in [2.45, 2.75) is 43.5 Å². The number of anilines is 2. The molecule has 1 aliphatic rings. The molecule has 0 aliphatic carbocycles. The van der Waals surface area contributed by atoms with Crippen LogP contribution in [-0.4, -0.2) is 44.6 Å². The van der Waals surface area contributed by atoms with Gasteiger partial charge in [0, 0.05) is 42.5 Å². The van der Waals surface area contributed by atoms with Crippen molar-refractivity contribution in [3.63, 3.8) is 0 Å². The van der Waals surface area contributed by atoms with Gasteiger partial charge in [0.15, 0.2) is 15.7 Å². The first kappa shape index (κ1) is 28.6. The second-order valence-electron chi connectivity index (χ2n) is 9.85. The quantitative estimate of drug-likeness (QED) is 0.364. The zero-order valence-corrected chi connectivity index (χ0v) is 23.6. The van der Waals surface area contributed by atoms with E-state index in [0.717, 1.165) is 31.1 Å². The van der Waals surface area contributed by atoms with Crippen molar-refractivity contribution < 1.29 is 18.0 Å². The summed E-state index contributed by atoms with van der Waals surface area (Å²) in [5.74, 6) is 0.334. The molecule has 4 rings (SSSR count). The summed E-state index contributed by atoms with van der Waals surface area (Å²) in [5, 5.41) is 6.41. The predicted octanol–water partition coefficient (Wildman–Crippen LogP) is 5.26. The summed E-state index contributed by atoms with van der Waals surface area (Å²) < 4.78 is 24.4. The fourth-order valence-electron chi connectivity index (χ4n) is 4.78. The van der Waals surface area contributed by atoms with Gasteiger partial charge in [-0.1, -0.05) is 54.9 Å². The number of carbonyl (C=O) groups is 2. The van der Waals surface area contributed by atoms with Crippen LogP contribution in [-0.2, 0) is 14.6 Å². The Bertz CT molecular complexity index is 1420. The third kappa shape index (κ3) is 7.58. The largest absolute Gasteiger partial charge is 0.355 e. The molecule has 1 fully saturated rings. The zero-order valence-electron chi connectivity index (χ0n) is 22.1. The summed E-state index contributed by atoms with van der Waals surface area (Å²) in [6.07, 6.45) is 5.21. The topological polar surface area (TPSA) is 108 Å². The van der Waals surface area contributed by atoms with Crippen LogP contribution in [0.25, 0.3) is 0 Å². The van der Waals surface area contributed by atoms with E-state index in [0.29, 0.717) is 41.6 Å². The van der Waals surface area contributed by atoms with Crippen molar-refractivity contribution >= 4 is 44.8 Å². The smallest absolute Gasteiger partial charge is 0.255 e. The molecular formula is C29H33ClN4O4S. The first-order valence-electron chi connectivity index (χ1n) is 13.0. The van der Waals surface area contributed by atoms with Crippen LogP contribution in [0.3, 0.4) is 0 Å². The molecule has 2 amide bonds. The molecule has 0 spiro atoms. The van der Waals surface area contributed by atoms with Crippen molar-refractivity contribution in [2.24, 2.45) is 5.92 Å². The number of sulfone groups is 1. The van der Waals surface area contributed by atoms with Crippen LogP contribution in [0.15, 0.2) is 71.8 Å². The standard InChI is InChI=1S/C29H33ClN4O4S/c1-3-25(21-8-5-4-6-9-21)32-27(35)16-20-12-14-34(15-13-20)28-26(18-24(19-31-28)39(2,37)38)33-29(36)22-10-7-11-23(30)17-22/h4-11,17-20,25H,3,12-16H2,1-2H3,(H,32,35)(H,33,36)/t25-/m0/s1. The second-order valence-corrected chi connectivity index (χ2v) is 12.3. The van der Waals surface area contributed by atoms with Gasteiger partial charge in [-0.15, -0.1) is 0 Å². The van der Waals surface area contributed by atoms with Crippen molar-refractivity contribution in [1.29, 1.82) is 0 Å². The van der Waals surface area contributed by atoms with E-state index in [9.17, 15) is 18.0 Å². The van der Waals surface area contributed by atoms with Gasteiger partial charge >= 0.3 is 0 Å². The molecule has 2 aromatic carbocycles. The van der Waals surface area contributed by atoms with Gasteiger partial charge in [-0.25, -0.2) is 13.4 Å². The zero-order chi connectivity index (χ0) is 28.0. The highest BCUT2D eigenvalue weighted by atomic mass is 35.5. The van der Waals surface area contributed by atoms with Gasteiger partial charge in [0.05, 0.1) is 16.6 Å². The van der Waals surface area contributed by atoms with E-state index >= 15 is 0 Å². The van der Waals surface area contributed by atoms with Crippen molar-refractivity contribution in [2.75, 3.05) is 29.6 Å². The highest BCUT2D eigenvalue weighted by molar-refractivity contribution is 7.90. The third-order valence-corrected chi connectivity index (χ3v) is 8.25. The molecule has 1 aliphatic heterocycles. The number of piperidine rings is 1. The van der Waals surface area contributed by atoms with E-state index < -0.39 is 15.7 Å². The molecule has 39 heavy (non-hydrogen) atoms. The number of aromatic nitrogens is 1. The number of hydrogen-bond donors (Lipinski definition) is 2. The molecule has 10 heteroatoms. The summed E-state index contributed by atoms with van der Waals surface area (Å²) in [7, 11) is -3.53. The number of hydrogen-bond acceptors (Lipinski definition) is 6. The molecule has 0 radical (unpaired) electrons. The second kappa shape index (κ2) is 12.6. The van der Waals surface area contributed by atoms with Crippen LogP contribution in [0.2, 0.25) is 5.02 Å². The van der Waals surface area contributed by atoms with E-state index in [1.54, 1.807) is 24.3 Å². The van der Waals surface area contributed by atoms with E-state index in [1.807, 2.05) is 35.2 Å². The molecule has 0 unspecified atom stereocenters. The summed E-state index contributed by atoms with van der Waals surface area (Å²) in [6.45, 7) is 3.30. The lowest BCUT2D eigenvalue weighted by Gasteiger charge is -2.34. The maximum Gasteiger partial charge on any atom is 0.255 e. The van der Waals surface area contributed by atoms with Crippen molar-refractivity contribution in [3.8, 4) is 0 Å². The highest BCUT2D eigenvalue weighted by Gasteiger charge is 2.26. The summed E-state index contributed by atoms with van der Waals surface area (Å²) >= 11 is 6.04. The van der Waals surface area contributed by atoms with Crippen LogP contribution in [0.5, 0.6) is 0 Å². The maximum absolute atomic E-state index is 12.9. The first-order chi connectivity index (χ1) is 18.6. The predicted molar refractivity (Wildman–Crippen MR) is 154 cm³/mol. The fourth-order valence-corrected chi connectivity index (χ4v) is 5.55. The Balaban J connectivity index is 1.43. The number of carbonyl (C=O) groups excluding carboxylic acids is 2. The number of pyridine rings is 1. The number of nitrogens with zero attached hydrogens (tertiary/aromatic N) is 2. The Labute approximate surface area is 234 Å². The van der Waals surface area contributed by atoms with Crippen LogP contribution < -0.4 is 15.5 Å². The first-order valence-corrected chi connectivity index (χ1v) is 15.3. The lowest BCUT2D eigenvalue weighted by Crippen LogP contribution is -2.37. The minimum atomic E-state index is -3.53. The van der Waals surface area contributed by atoms with Crippen LogP contribution in [0.1, 0.15) is 54.6 Å². The molecule has 8 nitrogen and oxygen atoms in total. The van der Waals surface area contributed by atoms with Gasteiger partial charge < -0.3 is 15.5 Å². The van der Waals surface area contributed by atoms with Crippen molar-refractivity contribution in [1.82, 2.24) is 10.3 Å². The fraction of sp³-hybridized carbons (Fsp3) is 0.345. The molecule has 0 saturated carbocycles. The Hall–Kier alpha value is -3.43. The minimum Gasteiger partial charge on any atom is -0.355 e. The summed E-state index contributed by atoms with van der Waals surface area (Å²) in [5.41, 5.74) is 1.76. The number of halogens is 1. The van der Waals surface area contributed by atoms with Gasteiger partial charge in [0.2, 0.25) is 5.91 Å². The molecule has 1 aromatic heterocycles.